The van der Waals surface area contributed by atoms with Crippen LogP contribution in [0.2, 0.25) is 0 Å². The van der Waals surface area contributed by atoms with Crippen LogP contribution in [0.4, 0.5) is 0 Å². The van der Waals surface area contributed by atoms with Crippen LogP contribution in [0.1, 0.15) is 42.4 Å². The number of benzene rings is 1. The second kappa shape index (κ2) is 7.52. The van der Waals surface area contributed by atoms with Crippen LogP contribution in [0.3, 0.4) is 0 Å². The first kappa shape index (κ1) is 19.4. The van der Waals surface area contributed by atoms with Gasteiger partial charge in [0, 0.05) is 18.1 Å². The van der Waals surface area contributed by atoms with E-state index in [9.17, 15) is 9.59 Å². The predicted octanol–water partition coefficient (Wildman–Crippen LogP) is 3.02. The largest absolute Gasteiger partial charge is 0.452 e. The molecule has 0 saturated heterocycles. The van der Waals surface area contributed by atoms with Gasteiger partial charge >= 0.3 is 5.97 Å². The Morgan fingerprint density at radius 3 is 2.58 bits per heavy atom. The Balaban J connectivity index is 2.29. The summed E-state index contributed by atoms with van der Waals surface area (Å²) in [5, 5.41) is 9.82. The van der Waals surface area contributed by atoms with Crippen LogP contribution in [0.5, 0.6) is 0 Å². The molecule has 1 heterocycles. The van der Waals surface area contributed by atoms with Gasteiger partial charge in [-0.2, -0.15) is 5.26 Å². The summed E-state index contributed by atoms with van der Waals surface area (Å²) in [6.07, 6.45) is 0.689. The molecule has 6 heteroatoms. The third kappa shape index (κ3) is 3.67. The Kier molecular flexibility index (Phi) is 5.61. The summed E-state index contributed by atoms with van der Waals surface area (Å²) in [5.74, 6) is -0.996. The molecule has 1 amide bonds. The van der Waals surface area contributed by atoms with E-state index in [2.05, 4.69) is 4.98 Å². The number of carbonyl (C=O) groups is 2. The van der Waals surface area contributed by atoms with Crippen molar-refractivity contribution in [3.05, 3.63) is 41.1 Å². The van der Waals surface area contributed by atoms with Crippen molar-refractivity contribution in [2.75, 3.05) is 13.7 Å². The molecule has 0 bridgehead atoms. The van der Waals surface area contributed by atoms with Gasteiger partial charge in [-0.15, -0.1) is 0 Å². The molecule has 1 aromatic carbocycles. The summed E-state index contributed by atoms with van der Waals surface area (Å²) in [5.41, 5.74) is 1.76. The topological polar surface area (TPSA) is 83.3 Å². The third-order valence-electron chi connectivity index (χ3n) is 4.59. The number of esters is 1. The van der Waals surface area contributed by atoms with Crippen molar-refractivity contribution >= 4 is 22.8 Å². The fraction of sp³-hybridized carbons (Fsp3) is 0.400. The molecule has 0 fully saturated rings. The number of carbonyl (C=O) groups excluding carboxylic acids is 2. The first-order chi connectivity index (χ1) is 12.2. The lowest BCUT2D eigenvalue weighted by atomic mass is 10.0. The average Bonchev–Trinajstić information content (AvgIpc) is 2.64. The first-order valence-corrected chi connectivity index (χ1v) is 8.46. The highest BCUT2D eigenvalue weighted by Crippen LogP contribution is 2.24. The van der Waals surface area contributed by atoms with E-state index >= 15 is 0 Å². The maximum Gasteiger partial charge on any atom is 0.339 e. The number of nitriles is 1. The highest BCUT2D eigenvalue weighted by atomic mass is 16.5. The summed E-state index contributed by atoms with van der Waals surface area (Å²) in [7, 11) is 1.52. The van der Waals surface area contributed by atoms with E-state index in [4.69, 9.17) is 10.00 Å². The lowest BCUT2D eigenvalue weighted by Gasteiger charge is -2.28. The number of fused-ring (bicyclic) bond motifs is 1. The van der Waals surface area contributed by atoms with Crippen LogP contribution in [-0.2, 0) is 16.0 Å². The van der Waals surface area contributed by atoms with E-state index in [0.717, 1.165) is 16.8 Å². The van der Waals surface area contributed by atoms with E-state index < -0.39 is 24.0 Å². The van der Waals surface area contributed by atoms with E-state index in [1.165, 1.54) is 11.9 Å². The number of aromatic nitrogens is 1. The second-order valence-corrected chi connectivity index (χ2v) is 6.63. The van der Waals surface area contributed by atoms with Crippen molar-refractivity contribution in [2.45, 2.75) is 39.7 Å². The highest BCUT2D eigenvalue weighted by molar-refractivity contribution is 6.05. The smallest absolute Gasteiger partial charge is 0.339 e. The van der Waals surface area contributed by atoms with E-state index in [-0.39, 0.29) is 0 Å². The summed E-state index contributed by atoms with van der Waals surface area (Å²) >= 11 is 0. The minimum atomic E-state index is -0.974. The van der Waals surface area contributed by atoms with E-state index in [0.29, 0.717) is 17.4 Å². The minimum Gasteiger partial charge on any atom is -0.452 e. The maximum atomic E-state index is 12.7. The summed E-state index contributed by atoms with van der Waals surface area (Å²) in [6, 6.07) is 9.41. The zero-order valence-electron chi connectivity index (χ0n) is 15.8. The molecule has 1 aromatic heterocycles. The molecule has 2 aromatic rings. The molecule has 26 heavy (non-hydrogen) atoms. The van der Waals surface area contributed by atoms with Gasteiger partial charge in [-0.1, -0.05) is 25.1 Å². The minimum absolute atomic E-state index is 0.419. The van der Waals surface area contributed by atoms with Crippen molar-refractivity contribution in [3.63, 3.8) is 0 Å². The van der Waals surface area contributed by atoms with Crippen LogP contribution in [0.25, 0.3) is 10.9 Å². The van der Waals surface area contributed by atoms with Gasteiger partial charge in [-0.25, -0.2) is 4.79 Å². The zero-order valence-corrected chi connectivity index (χ0v) is 15.8. The van der Waals surface area contributed by atoms with Crippen LogP contribution in [-0.4, -0.2) is 41.0 Å². The molecular weight excluding hydrogens is 330 g/mol. The molecular formula is C20H23N3O3. The molecule has 136 valence electrons. The number of nitrogens with zero attached hydrogens (tertiary/aromatic N) is 3. The van der Waals surface area contributed by atoms with Gasteiger partial charge in [-0.05, 0) is 38.8 Å². The Hall–Kier alpha value is -2.94. The predicted molar refractivity (Wildman–Crippen MR) is 98.6 cm³/mol. The standard InChI is InChI=1S/C20H23N3O3/c1-6-15-13(2)18(14-9-7-8-10-16(14)22-15)19(25)26-11-17(24)23(5)20(3,4)12-21/h7-10H,6,11H2,1-5H3. The third-order valence-corrected chi connectivity index (χ3v) is 4.59. The molecule has 0 unspecified atom stereocenters. The number of likely N-dealkylation sites (N-methyl/N-ethyl adjacent to an activating group) is 1. The van der Waals surface area contributed by atoms with Gasteiger partial charge in [0.2, 0.25) is 0 Å². The van der Waals surface area contributed by atoms with E-state index in [1.807, 2.05) is 44.2 Å². The molecule has 0 atom stereocenters. The molecule has 0 saturated carbocycles. The number of hydrogen-bond donors (Lipinski definition) is 0. The molecule has 0 N–H and O–H groups in total. The molecule has 2 rings (SSSR count). The number of ether oxygens (including phenoxy) is 1. The Morgan fingerprint density at radius 1 is 1.31 bits per heavy atom. The van der Waals surface area contributed by atoms with Crippen molar-refractivity contribution in [1.29, 1.82) is 5.26 Å². The maximum absolute atomic E-state index is 12.7. The van der Waals surface area contributed by atoms with Crippen LogP contribution >= 0.6 is 0 Å². The number of pyridine rings is 1. The lowest BCUT2D eigenvalue weighted by Crippen LogP contribution is -2.45. The second-order valence-electron chi connectivity index (χ2n) is 6.63. The zero-order chi connectivity index (χ0) is 19.5. The van der Waals surface area contributed by atoms with Crippen molar-refractivity contribution in [3.8, 4) is 6.07 Å². The fourth-order valence-corrected chi connectivity index (χ4v) is 2.65. The van der Waals surface area contributed by atoms with Crippen molar-refractivity contribution in [1.82, 2.24) is 9.88 Å². The molecule has 0 aliphatic carbocycles. The highest BCUT2D eigenvalue weighted by Gasteiger charge is 2.28. The number of aryl methyl sites for hydroxylation is 1. The molecule has 6 nitrogen and oxygen atoms in total. The fourth-order valence-electron chi connectivity index (χ4n) is 2.65. The lowest BCUT2D eigenvalue weighted by molar-refractivity contribution is -0.136. The number of amides is 1. The Morgan fingerprint density at radius 2 is 1.96 bits per heavy atom. The van der Waals surface area contributed by atoms with Gasteiger partial charge < -0.3 is 9.64 Å². The van der Waals surface area contributed by atoms with E-state index in [1.54, 1.807) is 13.8 Å². The first-order valence-electron chi connectivity index (χ1n) is 8.46. The van der Waals surface area contributed by atoms with Gasteiger partial charge in [0.25, 0.3) is 5.91 Å². The summed E-state index contributed by atoms with van der Waals surface area (Å²) in [4.78, 5) is 30.8. The molecule has 0 spiro atoms. The molecule has 0 aliphatic heterocycles. The van der Waals surface area contributed by atoms with Gasteiger partial charge in [0.1, 0.15) is 5.54 Å². The number of hydrogen-bond acceptors (Lipinski definition) is 5. The van der Waals surface area contributed by atoms with Crippen LogP contribution in [0, 0.1) is 18.3 Å². The quantitative estimate of drug-likeness (QED) is 0.772. The SMILES string of the molecule is CCc1nc2ccccc2c(C(=O)OCC(=O)N(C)C(C)(C)C#N)c1C. The monoisotopic (exact) mass is 353 g/mol. The van der Waals surface area contributed by atoms with Gasteiger partial charge in [0.15, 0.2) is 6.61 Å². The van der Waals surface area contributed by atoms with Crippen LogP contribution < -0.4 is 0 Å². The van der Waals surface area contributed by atoms with Crippen LogP contribution in [0.15, 0.2) is 24.3 Å². The van der Waals surface area contributed by atoms with Gasteiger partial charge in [-0.3, -0.25) is 9.78 Å². The van der Waals surface area contributed by atoms with Gasteiger partial charge in [0.05, 0.1) is 17.1 Å². The van der Waals surface area contributed by atoms with Crippen molar-refractivity contribution < 1.29 is 14.3 Å². The average molecular weight is 353 g/mol. The Bertz CT molecular complexity index is 897. The van der Waals surface area contributed by atoms with Crippen molar-refractivity contribution in [2.24, 2.45) is 0 Å². The summed E-state index contributed by atoms with van der Waals surface area (Å²) < 4.78 is 5.27. The number of rotatable bonds is 5. The number of para-hydroxylation sites is 1. The Labute approximate surface area is 153 Å². The summed E-state index contributed by atoms with van der Waals surface area (Å²) in [6.45, 7) is 6.64. The normalized spacial score (nSPS) is 11.1. The molecule has 0 radical (unpaired) electrons. The molecule has 0 aliphatic rings.